The topological polar surface area (TPSA) is 79.2 Å². The molecule has 1 rings (SSSR count). The zero-order chi connectivity index (χ0) is 23.2. The zero-order valence-electron chi connectivity index (χ0n) is 20.8. The first-order valence-corrected chi connectivity index (χ1v) is 12.6. The van der Waals surface area contributed by atoms with Gasteiger partial charge in [-0.1, -0.05) is 84.3 Å². The van der Waals surface area contributed by atoms with Crippen LogP contribution >= 0.6 is 0 Å². The molecule has 0 aromatic rings. The van der Waals surface area contributed by atoms with Crippen LogP contribution in [0.15, 0.2) is 11.6 Å². The van der Waals surface area contributed by atoms with Gasteiger partial charge in [0.1, 0.15) is 18.3 Å². The second kappa shape index (κ2) is 16.2. The molecule has 1 saturated heterocycles. The van der Waals surface area contributed by atoms with Crippen LogP contribution in [0.1, 0.15) is 98.8 Å². The van der Waals surface area contributed by atoms with E-state index in [9.17, 15) is 15.3 Å². The van der Waals surface area contributed by atoms with Gasteiger partial charge < -0.3 is 24.8 Å². The van der Waals surface area contributed by atoms with Gasteiger partial charge in [0.2, 0.25) is 0 Å². The van der Waals surface area contributed by atoms with Crippen LogP contribution in [-0.2, 0) is 9.47 Å². The lowest BCUT2D eigenvalue weighted by Crippen LogP contribution is -2.53. The molecule has 184 valence electrons. The Morgan fingerprint density at radius 1 is 0.903 bits per heavy atom. The van der Waals surface area contributed by atoms with E-state index in [4.69, 9.17) is 9.47 Å². The first kappa shape index (κ1) is 28.6. The highest BCUT2D eigenvalue weighted by atomic mass is 16.7. The molecule has 1 aliphatic rings. The minimum absolute atomic E-state index is 0.0208. The average molecular weight is 443 g/mol. The molecule has 1 aliphatic heterocycles. The monoisotopic (exact) mass is 442 g/mol. The molecular formula is C26H50O5. The molecule has 0 aliphatic carbocycles. The van der Waals surface area contributed by atoms with Crippen molar-refractivity contribution in [1.82, 2.24) is 0 Å². The number of hydrogen-bond donors (Lipinski definition) is 3. The molecule has 6 atom stereocenters. The van der Waals surface area contributed by atoms with Crippen LogP contribution in [0.25, 0.3) is 0 Å². The summed E-state index contributed by atoms with van der Waals surface area (Å²) < 4.78 is 10.8. The number of allylic oxidation sites excluding steroid dienone is 1. The van der Waals surface area contributed by atoms with Crippen LogP contribution in [0.4, 0.5) is 0 Å². The lowest BCUT2D eigenvalue weighted by atomic mass is 9.91. The highest BCUT2D eigenvalue weighted by Crippen LogP contribution is 2.22. The van der Waals surface area contributed by atoms with Gasteiger partial charge in [-0.3, -0.25) is 0 Å². The Morgan fingerprint density at radius 3 is 2.10 bits per heavy atom. The number of aliphatic hydroxyl groups excluding tert-OH is 3. The Hall–Kier alpha value is -0.460. The van der Waals surface area contributed by atoms with Crippen molar-refractivity contribution in [1.29, 1.82) is 0 Å². The van der Waals surface area contributed by atoms with E-state index in [1.54, 1.807) is 0 Å². The Morgan fingerprint density at radius 2 is 1.48 bits per heavy atom. The van der Waals surface area contributed by atoms with Crippen molar-refractivity contribution in [2.45, 2.75) is 123 Å². The maximum atomic E-state index is 9.86. The number of aliphatic hydroxyl groups is 3. The summed E-state index contributed by atoms with van der Waals surface area (Å²) >= 11 is 0. The minimum atomic E-state index is -1.22. The lowest BCUT2D eigenvalue weighted by Gasteiger charge is -2.34. The zero-order valence-corrected chi connectivity index (χ0v) is 20.8. The van der Waals surface area contributed by atoms with Crippen molar-refractivity contribution in [2.75, 3.05) is 13.2 Å². The summed E-state index contributed by atoms with van der Waals surface area (Å²) in [5.74, 6) is 2.50. The molecule has 0 radical (unpaired) electrons. The summed E-state index contributed by atoms with van der Waals surface area (Å²) in [6.45, 7) is 12.0. The van der Waals surface area contributed by atoms with Gasteiger partial charge in [-0.25, -0.2) is 0 Å². The Labute approximate surface area is 191 Å². The molecule has 0 saturated carbocycles. The third-order valence-electron chi connectivity index (χ3n) is 6.49. The quantitative estimate of drug-likeness (QED) is 0.226. The van der Waals surface area contributed by atoms with Crippen molar-refractivity contribution < 1.29 is 24.8 Å². The third kappa shape index (κ3) is 13.0. The minimum Gasteiger partial charge on any atom is -0.388 e. The van der Waals surface area contributed by atoms with E-state index in [-0.39, 0.29) is 6.61 Å². The van der Waals surface area contributed by atoms with Gasteiger partial charge >= 0.3 is 0 Å². The summed E-state index contributed by atoms with van der Waals surface area (Å²) in [7, 11) is 0. The van der Waals surface area contributed by atoms with E-state index in [0.29, 0.717) is 6.61 Å². The first-order chi connectivity index (χ1) is 14.7. The molecule has 0 bridgehead atoms. The summed E-state index contributed by atoms with van der Waals surface area (Å²) in [6, 6.07) is 0. The van der Waals surface area contributed by atoms with E-state index in [1.165, 1.54) is 56.9 Å². The Kier molecular flexibility index (Phi) is 14.9. The Bertz CT molecular complexity index is 478. The maximum absolute atomic E-state index is 9.86. The Balaban J connectivity index is 2.06. The molecular weight excluding hydrogens is 392 g/mol. The molecule has 2 unspecified atom stereocenters. The molecule has 5 heteroatoms. The van der Waals surface area contributed by atoms with Crippen molar-refractivity contribution in [3.8, 4) is 0 Å². The average Bonchev–Trinajstić information content (AvgIpc) is 2.70. The molecule has 0 aromatic heterocycles. The van der Waals surface area contributed by atoms with Gasteiger partial charge in [-0.15, -0.1) is 0 Å². The molecule has 3 N–H and O–H groups in total. The molecule has 0 aromatic carbocycles. The predicted octanol–water partition coefficient (Wildman–Crippen LogP) is 5.22. The fourth-order valence-corrected chi connectivity index (χ4v) is 4.22. The number of rotatable bonds is 16. The van der Waals surface area contributed by atoms with Crippen LogP contribution < -0.4 is 0 Å². The fraction of sp³-hybridized carbons (Fsp3) is 0.923. The number of ether oxygens (including phenoxy) is 2. The third-order valence-corrected chi connectivity index (χ3v) is 6.49. The van der Waals surface area contributed by atoms with E-state index in [1.807, 2.05) is 0 Å². The van der Waals surface area contributed by atoms with Crippen molar-refractivity contribution in [3.05, 3.63) is 11.6 Å². The summed E-state index contributed by atoms with van der Waals surface area (Å²) in [4.78, 5) is 0. The molecule has 0 amide bonds. The van der Waals surface area contributed by atoms with Gasteiger partial charge in [0.15, 0.2) is 6.29 Å². The second-order valence-corrected chi connectivity index (χ2v) is 10.3. The maximum Gasteiger partial charge on any atom is 0.186 e. The summed E-state index contributed by atoms with van der Waals surface area (Å²) in [5, 5.41) is 29.0. The second-order valence-electron chi connectivity index (χ2n) is 10.3. The molecule has 0 spiro atoms. The van der Waals surface area contributed by atoms with Gasteiger partial charge in [0, 0.05) is 0 Å². The predicted molar refractivity (Wildman–Crippen MR) is 127 cm³/mol. The standard InChI is InChI=1S/C26H50O5/c1-19(2)10-6-11-20(3)12-7-13-21(4)14-8-15-22(5)16-9-17-30-26-25(29)24(28)23(27)18-31-26/h16,19-21,23-29H,6-15,17-18H2,1-5H3/t20?,21?,23-,24+,25-,26+/m1/s1. The van der Waals surface area contributed by atoms with Gasteiger partial charge in [0.05, 0.1) is 13.2 Å². The SMILES string of the molecule is CC(=CCCO[C@H]1OC[C@@H](O)[C@H](O)[C@H]1O)CCCC(C)CCCC(C)CCCC(C)C. The van der Waals surface area contributed by atoms with E-state index < -0.39 is 24.6 Å². The van der Waals surface area contributed by atoms with Crippen molar-refractivity contribution in [3.63, 3.8) is 0 Å². The van der Waals surface area contributed by atoms with Crippen molar-refractivity contribution >= 4 is 0 Å². The van der Waals surface area contributed by atoms with Crippen LogP contribution in [0.5, 0.6) is 0 Å². The largest absolute Gasteiger partial charge is 0.388 e. The highest BCUT2D eigenvalue weighted by Gasteiger charge is 2.37. The lowest BCUT2D eigenvalue weighted by molar-refractivity contribution is -0.269. The molecule has 5 nitrogen and oxygen atoms in total. The van der Waals surface area contributed by atoms with Crippen LogP contribution in [0.2, 0.25) is 0 Å². The normalized spacial score (nSPS) is 26.9. The molecule has 1 fully saturated rings. The van der Waals surface area contributed by atoms with Crippen LogP contribution in [0, 0.1) is 17.8 Å². The van der Waals surface area contributed by atoms with E-state index in [0.717, 1.165) is 30.6 Å². The number of hydrogen-bond acceptors (Lipinski definition) is 5. The smallest absolute Gasteiger partial charge is 0.186 e. The van der Waals surface area contributed by atoms with Crippen LogP contribution in [-0.4, -0.2) is 53.1 Å². The molecule has 1 heterocycles. The van der Waals surface area contributed by atoms with Crippen LogP contribution in [0.3, 0.4) is 0 Å². The fourth-order valence-electron chi connectivity index (χ4n) is 4.22. The van der Waals surface area contributed by atoms with Gasteiger partial charge in [-0.2, -0.15) is 0 Å². The first-order valence-electron chi connectivity index (χ1n) is 12.6. The summed E-state index contributed by atoms with van der Waals surface area (Å²) in [5.41, 5.74) is 1.37. The van der Waals surface area contributed by atoms with E-state index in [2.05, 4.69) is 40.7 Å². The molecule has 31 heavy (non-hydrogen) atoms. The van der Waals surface area contributed by atoms with Gasteiger partial charge in [-0.05, 0) is 43.9 Å². The van der Waals surface area contributed by atoms with E-state index >= 15 is 0 Å². The highest BCUT2D eigenvalue weighted by molar-refractivity contribution is 4.97. The summed E-state index contributed by atoms with van der Waals surface area (Å²) in [6.07, 6.45) is 10.4. The van der Waals surface area contributed by atoms with Crippen molar-refractivity contribution in [2.24, 2.45) is 17.8 Å². The van der Waals surface area contributed by atoms with Gasteiger partial charge in [0.25, 0.3) is 0 Å².